The van der Waals surface area contributed by atoms with E-state index in [0.717, 1.165) is 35.0 Å². The molecule has 2 heterocycles. The maximum absolute atomic E-state index is 14.1. The molecule has 0 aliphatic carbocycles. The van der Waals surface area contributed by atoms with Crippen LogP contribution in [0.5, 0.6) is 0 Å². The summed E-state index contributed by atoms with van der Waals surface area (Å²) in [6.07, 6.45) is 1.94. The summed E-state index contributed by atoms with van der Waals surface area (Å²) in [5, 5.41) is 3.88. The van der Waals surface area contributed by atoms with E-state index in [4.69, 9.17) is 33.9 Å². The van der Waals surface area contributed by atoms with Gasteiger partial charge in [-0.05, 0) is 55.5 Å². The van der Waals surface area contributed by atoms with Gasteiger partial charge in [-0.2, -0.15) is 0 Å². The summed E-state index contributed by atoms with van der Waals surface area (Å²) in [7, 11) is 0. The van der Waals surface area contributed by atoms with Crippen LogP contribution in [0.25, 0.3) is 22.2 Å². The van der Waals surface area contributed by atoms with Gasteiger partial charge in [0.15, 0.2) is 0 Å². The summed E-state index contributed by atoms with van der Waals surface area (Å²) in [6, 6.07) is 20.7. The van der Waals surface area contributed by atoms with Crippen molar-refractivity contribution in [1.82, 2.24) is 20.2 Å². The lowest BCUT2D eigenvalue weighted by Gasteiger charge is -2.31. The van der Waals surface area contributed by atoms with Gasteiger partial charge in [0.1, 0.15) is 11.9 Å². The first-order valence-corrected chi connectivity index (χ1v) is 14.2. The predicted octanol–water partition coefficient (Wildman–Crippen LogP) is 5.91. The third kappa shape index (κ3) is 5.87. The van der Waals surface area contributed by atoms with E-state index in [1.165, 1.54) is 0 Å². The lowest BCUT2D eigenvalue weighted by molar-refractivity contribution is -0.139. The average molecular weight is 579 g/mol. The van der Waals surface area contributed by atoms with Crippen LogP contribution in [0.4, 0.5) is 0 Å². The number of hydrogen-bond donors (Lipinski definition) is 3. The highest BCUT2D eigenvalue weighted by Crippen LogP contribution is 2.34. The first-order valence-electron chi connectivity index (χ1n) is 13.5. The van der Waals surface area contributed by atoms with Gasteiger partial charge in [0.2, 0.25) is 11.8 Å². The topological polar surface area (TPSA) is 104 Å². The number of amides is 2. The molecule has 1 aliphatic rings. The number of carbonyl (C=O) groups is 2. The molecule has 0 bridgehead atoms. The molecule has 1 aliphatic heterocycles. The fourth-order valence-electron chi connectivity index (χ4n) is 5.04. The Morgan fingerprint density at radius 2 is 1.75 bits per heavy atom. The van der Waals surface area contributed by atoms with Crippen LogP contribution in [-0.4, -0.2) is 45.8 Å². The summed E-state index contributed by atoms with van der Waals surface area (Å²) in [5.41, 5.74) is 9.68. The molecular weight excluding hydrogens is 545 g/mol. The molecule has 3 aromatic carbocycles. The van der Waals surface area contributed by atoms with Crippen LogP contribution in [-0.2, 0) is 16.0 Å². The molecule has 1 fully saturated rings. The highest BCUT2D eigenvalue weighted by molar-refractivity contribution is 6.42. The smallest absolute Gasteiger partial charge is 0.246 e. The van der Waals surface area contributed by atoms with Crippen molar-refractivity contribution in [2.45, 2.75) is 45.2 Å². The Hall–Kier alpha value is -3.39. The maximum atomic E-state index is 14.1. The zero-order valence-corrected chi connectivity index (χ0v) is 24.1. The van der Waals surface area contributed by atoms with E-state index in [-0.39, 0.29) is 24.4 Å². The maximum Gasteiger partial charge on any atom is 0.246 e. The number of nitrogens with two attached hydrogens (primary N) is 1. The molecule has 9 heteroatoms. The Bertz CT molecular complexity index is 1480. The molecular formula is C31H33Cl2N5O2. The molecule has 0 saturated carbocycles. The summed E-state index contributed by atoms with van der Waals surface area (Å²) in [6.45, 7) is 4.30. The first kappa shape index (κ1) is 28.1. The van der Waals surface area contributed by atoms with E-state index in [0.29, 0.717) is 34.4 Å². The number of fused-ring (bicyclic) bond motifs is 1. The molecule has 0 unspecified atom stereocenters. The number of nitrogens with one attached hydrogen (secondary N) is 2. The lowest BCUT2D eigenvalue weighted by Crippen LogP contribution is -2.53. The number of carbonyl (C=O) groups excluding carboxylic acids is 2. The largest absolute Gasteiger partial charge is 0.343 e. The third-order valence-corrected chi connectivity index (χ3v) is 8.35. The minimum atomic E-state index is -0.808. The minimum Gasteiger partial charge on any atom is -0.343 e. The fraction of sp³-hybridized carbons (Fsp3) is 0.323. The van der Waals surface area contributed by atoms with Crippen LogP contribution in [0.15, 0.2) is 66.7 Å². The molecule has 1 aromatic heterocycles. The van der Waals surface area contributed by atoms with E-state index >= 15 is 0 Å². The zero-order valence-electron chi connectivity index (χ0n) is 22.6. The molecule has 2 atom stereocenters. The van der Waals surface area contributed by atoms with Crippen LogP contribution < -0.4 is 11.1 Å². The van der Waals surface area contributed by atoms with Crippen molar-refractivity contribution < 1.29 is 9.59 Å². The normalized spacial score (nSPS) is 16.3. The molecule has 2 amide bonds. The summed E-state index contributed by atoms with van der Waals surface area (Å²) in [5.74, 6) is 0.282. The Kier molecular flexibility index (Phi) is 8.17. The Morgan fingerprint density at radius 3 is 2.45 bits per heavy atom. The van der Waals surface area contributed by atoms with Crippen molar-refractivity contribution in [3.63, 3.8) is 0 Å². The number of nitrogens with zero attached hydrogens (tertiary/aromatic N) is 2. The molecule has 0 radical (unpaired) electrons. The van der Waals surface area contributed by atoms with Crippen LogP contribution in [0, 0.1) is 5.41 Å². The molecule has 4 N–H and O–H groups in total. The zero-order chi connectivity index (χ0) is 28.4. The molecule has 7 nitrogen and oxygen atoms in total. The monoisotopic (exact) mass is 577 g/mol. The Balaban J connectivity index is 1.41. The minimum absolute atomic E-state index is 0.146. The molecule has 0 spiro atoms. The number of imidazole rings is 1. The molecule has 4 aromatic rings. The number of H-pyrrole nitrogens is 1. The average Bonchev–Trinajstić information content (AvgIpc) is 3.60. The predicted molar refractivity (Wildman–Crippen MR) is 160 cm³/mol. The molecule has 40 heavy (non-hydrogen) atoms. The summed E-state index contributed by atoms with van der Waals surface area (Å²) in [4.78, 5) is 37.1. The van der Waals surface area contributed by atoms with Gasteiger partial charge in [-0.3, -0.25) is 9.59 Å². The third-order valence-electron chi connectivity index (χ3n) is 7.62. The van der Waals surface area contributed by atoms with Crippen molar-refractivity contribution in [3.8, 4) is 11.1 Å². The van der Waals surface area contributed by atoms with Crippen molar-refractivity contribution >= 4 is 46.0 Å². The fourth-order valence-corrected chi connectivity index (χ4v) is 5.36. The summed E-state index contributed by atoms with van der Waals surface area (Å²) >= 11 is 12.4. The van der Waals surface area contributed by atoms with Crippen molar-refractivity contribution in [2.75, 3.05) is 13.1 Å². The van der Waals surface area contributed by atoms with E-state index in [9.17, 15) is 9.59 Å². The van der Waals surface area contributed by atoms with Crippen molar-refractivity contribution in [3.05, 3.63) is 88.2 Å². The van der Waals surface area contributed by atoms with E-state index in [1.54, 1.807) is 26.0 Å². The molecule has 208 valence electrons. The second-order valence-corrected chi connectivity index (χ2v) is 11.8. The standard InChI is InChI=1S/C31H33Cl2N5O2/c1-31(2,18-34)30(40)37-26(15-19-10-12-21(13-11-19)20-7-4-3-5-8-20)29(39)38-14-6-9-27(38)28-35-24-16-22(32)23(33)17-25(24)36-28/h3-5,7-8,10-13,16-17,26-27H,6,9,14-15,18,34H2,1-2H3,(H,35,36)(H,37,40)/t26-,27-/m0/s1. The van der Waals surface area contributed by atoms with Crippen LogP contribution in [0.2, 0.25) is 10.0 Å². The van der Waals surface area contributed by atoms with E-state index < -0.39 is 11.5 Å². The number of benzene rings is 3. The second-order valence-electron chi connectivity index (χ2n) is 11.0. The highest BCUT2D eigenvalue weighted by atomic mass is 35.5. The second kappa shape index (κ2) is 11.6. The molecule has 5 rings (SSSR count). The Labute approximate surface area is 244 Å². The number of hydrogen-bond acceptors (Lipinski definition) is 4. The van der Waals surface area contributed by atoms with Crippen LogP contribution >= 0.6 is 23.2 Å². The number of aromatic nitrogens is 2. The van der Waals surface area contributed by atoms with Gasteiger partial charge in [0, 0.05) is 19.5 Å². The molecule has 1 saturated heterocycles. The lowest BCUT2D eigenvalue weighted by atomic mass is 9.91. The number of rotatable bonds is 8. The highest BCUT2D eigenvalue weighted by Gasteiger charge is 2.38. The van der Waals surface area contributed by atoms with Crippen molar-refractivity contribution in [1.29, 1.82) is 0 Å². The van der Waals surface area contributed by atoms with Crippen LogP contribution in [0.1, 0.15) is 44.1 Å². The van der Waals surface area contributed by atoms with E-state index in [2.05, 4.69) is 22.4 Å². The van der Waals surface area contributed by atoms with Gasteiger partial charge >= 0.3 is 0 Å². The Morgan fingerprint density at radius 1 is 1.07 bits per heavy atom. The van der Waals surface area contributed by atoms with Gasteiger partial charge in [0.25, 0.3) is 0 Å². The summed E-state index contributed by atoms with van der Waals surface area (Å²) < 4.78 is 0. The quantitative estimate of drug-likeness (QED) is 0.242. The number of aromatic amines is 1. The van der Waals surface area contributed by atoms with Gasteiger partial charge in [-0.15, -0.1) is 0 Å². The van der Waals surface area contributed by atoms with Gasteiger partial charge in [-0.1, -0.05) is 77.8 Å². The SMILES string of the molecule is CC(C)(CN)C(=O)N[C@@H](Cc1ccc(-c2ccccc2)cc1)C(=O)N1CCC[C@H]1c1nc2cc(Cl)c(Cl)cc2[nH]1. The van der Waals surface area contributed by atoms with Crippen molar-refractivity contribution in [2.24, 2.45) is 11.1 Å². The number of halogens is 2. The number of likely N-dealkylation sites (tertiary alicyclic amines) is 1. The van der Waals surface area contributed by atoms with Gasteiger partial charge in [0.05, 0.1) is 32.5 Å². The van der Waals surface area contributed by atoms with E-state index in [1.807, 2.05) is 47.4 Å². The van der Waals surface area contributed by atoms with Gasteiger partial charge < -0.3 is 20.9 Å². The van der Waals surface area contributed by atoms with Crippen LogP contribution in [0.3, 0.4) is 0 Å². The van der Waals surface area contributed by atoms with Gasteiger partial charge in [-0.25, -0.2) is 4.98 Å². The first-order chi connectivity index (χ1) is 19.2.